The Morgan fingerprint density at radius 1 is 1.03 bits per heavy atom. The summed E-state index contributed by atoms with van der Waals surface area (Å²) in [7, 11) is 1.32. The zero-order valence-corrected chi connectivity index (χ0v) is 19.7. The van der Waals surface area contributed by atoms with Crippen LogP contribution < -0.4 is 14.9 Å². The zero-order chi connectivity index (χ0) is 24.5. The molecule has 4 aromatic rings. The van der Waals surface area contributed by atoms with Crippen LogP contribution in [0.15, 0.2) is 63.8 Å². The molecule has 0 N–H and O–H groups in total. The van der Waals surface area contributed by atoms with Crippen LogP contribution in [0.4, 0.5) is 0 Å². The highest BCUT2D eigenvalue weighted by Crippen LogP contribution is 2.34. The summed E-state index contributed by atoms with van der Waals surface area (Å²) in [4.78, 5) is 25.8. The minimum Gasteiger partial charge on any atom is -0.481 e. The van der Waals surface area contributed by atoms with Crippen molar-refractivity contribution in [1.29, 1.82) is 0 Å². The maximum absolute atomic E-state index is 13.6. The molecule has 0 amide bonds. The number of benzene rings is 3. The van der Waals surface area contributed by atoms with Gasteiger partial charge in [0.15, 0.2) is 12.6 Å². The first-order valence-corrected chi connectivity index (χ1v) is 11.2. The highest BCUT2D eigenvalue weighted by molar-refractivity contribution is 5.90. The van der Waals surface area contributed by atoms with Crippen LogP contribution in [0, 0.1) is 13.8 Å². The molecular weight excluding hydrogens is 448 g/mol. The Morgan fingerprint density at radius 2 is 1.80 bits per heavy atom. The van der Waals surface area contributed by atoms with Crippen molar-refractivity contribution in [2.45, 2.75) is 27.1 Å². The van der Waals surface area contributed by atoms with Gasteiger partial charge in [-0.05, 0) is 49.2 Å². The molecule has 0 aliphatic carbocycles. The average Bonchev–Trinajstić information content (AvgIpc) is 2.89. The van der Waals surface area contributed by atoms with Crippen molar-refractivity contribution < 1.29 is 28.2 Å². The lowest BCUT2D eigenvalue weighted by Gasteiger charge is -2.22. The van der Waals surface area contributed by atoms with Crippen molar-refractivity contribution in [3.8, 4) is 22.8 Å². The number of hydrogen-bond donors (Lipinski definition) is 0. The van der Waals surface area contributed by atoms with Gasteiger partial charge in [-0.1, -0.05) is 30.3 Å². The van der Waals surface area contributed by atoms with Gasteiger partial charge in [-0.15, -0.1) is 0 Å². The smallest absolute Gasteiger partial charge is 0.337 e. The van der Waals surface area contributed by atoms with E-state index in [0.29, 0.717) is 45.8 Å². The van der Waals surface area contributed by atoms with E-state index in [-0.39, 0.29) is 24.6 Å². The van der Waals surface area contributed by atoms with E-state index in [1.165, 1.54) is 7.11 Å². The van der Waals surface area contributed by atoms with Crippen LogP contribution in [0.5, 0.6) is 11.5 Å². The number of esters is 1. The summed E-state index contributed by atoms with van der Waals surface area (Å²) >= 11 is 0. The maximum atomic E-state index is 13.6. The summed E-state index contributed by atoms with van der Waals surface area (Å²) in [5, 5.41) is 0.442. The number of methoxy groups -OCH3 is 1. The summed E-state index contributed by atoms with van der Waals surface area (Å²) in [6, 6.07) is 16.4. The summed E-state index contributed by atoms with van der Waals surface area (Å²) in [6.45, 7) is 4.28. The number of carbonyl (C=O) groups is 1. The molecule has 0 bridgehead atoms. The van der Waals surface area contributed by atoms with E-state index in [2.05, 4.69) is 0 Å². The number of aryl methyl sites for hydroxylation is 2. The predicted octanol–water partition coefficient (Wildman–Crippen LogP) is 5.31. The Kier molecular flexibility index (Phi) is 6.01. The first-order valence-electron chi connectivity index (χ1n) is 11.2. The second-order valence-electron chi connectivity index (χ2n) is 8.40. The van der Waals surface area contributed by atoms with Crippen molar-refractivity contribution in [3.63, 3.8) is 0 Å². The third-order valence-electron chi connectivity index (χ3n) is 6.08. The van der Waals surface area contributed by atoms with E-state index in [1.54, 1.807) is 12.1 Å². The van der Waals surface area contributed by atoms with Crippen LogP contribution in [0.25, 0.3) is 22.3 Å². The summed E-state index contributed by atoms with van der Waals surface area (Å²) in [5.41, 5.74) is 4.61. The zero-order valence-electron chi connectivity index (χ0n) is 19.7. The van der Waals surface area contributed by atoms with Crippen molar-refractivity contribution >= 4 is 16.9 Å². The molecular formula is C28H24O7. The van der Waals surface area contributed by atoms with Crippen molar-refractivity contribution in [2.75, 3.05) is 13.9 Å². The molecule has 5 rings (SSSR count). The first-order chi connectivity index (χ1) is 17.0. The number of carbonyl (C=O) groups excluding carboxylic acids is 1. The molecule has 0 saturated carbocycles. The average molecular weight is 472 g/mol. The van der Waals surface area contributed by atoms with E-state index >= 15 is 0 Å². The summed E-state index contributed by atoms with van der Waals surface area (Å²) < 4.78 is 28.3. The third kappa shape index (κ3) is 4.26. The van der Waals surface area contributed by atoms with Crippen LogP contribution in [0.2, 0.25) is 0 Å². The Balaban J connectivity index is 1.63. The SMILES string of the molecule is COC(=O)c1cc2c(c(COc3c(-c4ccccc4)oc4cc(C)c(C)cc4c3=O)c1)OCOC2. The second-order valence-corrected chi connectivity index (χ2v) is 8.40. The monoisotopic (exact) mass is 472 g/mol. The molecule has 1 aliphatic rings. The third-order valence-corrected chi connectivity index (χ3v) is 6.08. The predicted molar refractivity (Wildman–Crippen MR) is 130 cm³/mol. The number of ether oxygens (including phenoxy) is 4. The fraction of sp³-hybridized carbons (Fsp3) is 0.214. The molecule has 0 unspecified atom stereocenters. The Bertz CT molecular complexity index is 1490. The molecule has 7 nitrogen and oxygen atoms in total. The molecule has 7 heteroatoms. The van der Waals surface area contributed by atoms with Crippen LogP contribution in [0.1, 0.15) is 32.6 Å². The van der Waals surface area contributed by atoms with Crippen molar-refractivity contribution in [1.82, 2.24) is 0 Å². The van der Waals surface area contributed by atoms with Gasteiger partial charge in [-0.3, -0.25) is 4.79 Å². The standard InChI is InChI=1S/C28H24O7/c1-16-9-22-23(10-17(16)2)35-26(18-7-5-4-6-8-18)27(24(22)29)33-14-21-12-19(28(30)31-3)11-20-13-32-15-34-25(20)21/h4-12H,13-15H2,1-3H3. The van der Waals surface area contributed by atoms with E-state index in [4.69, 9.17) is 23.4 Å². The van der Waals surface area contributed by atoms with Crippen LogP contribution in [-0.2, 0) is 22.7 Å². The van der Waals surface area contributed by atoms with Gasteiger partial charge in [0, 0.05) is 16.7 Å². The number of hydrogen-bond acceptors (Lipinski definition) is 7. The largest absolute Gasteiger partial charge is 0.481 e. The molecule has 1 aromatic heterocycles. The van der Waals surface area contributed by atoms with E-state index < -0.39 is 5.97 Å². The van der Waals surface area contributed by atoms with Crippen molar-refractivity contribution in [3.05, 3.63) is 92.6 Å². The van der Waals surface area contributed by atoms with Gasteiger partial charge in [0.2, 0.25) is 11.2 Å². The van der Waals surface area contributed by atoms with Gasteiger partial charge >= 0.3 is 5.97 Å². The summed E-state index contributed by atoms with van der Waals surface area (Å²) in [5.74, 6) is 0.521. The fourth-order valence-corrected chi connectivity index (χ4v) is 4.14. The molecule has 178 valence electrons. The Hall–Kier alpha value is -4.10. The van der Waals surface area contributed by atoms with Crippen LogP contribution >= 0.6 is 0 Å². The lowest BCUT2D eigenvalue weighted by atomic mass is 10.0. The minimum atomic E-state index is -0.485. The van der Waals surface area contributed by atoms with Gasteiger partial charge in [0.25, 0.3) is 0 Å². The molecule has 3 aromatic carbocycles. The second kappa shape index (κ2) is 9.27. The minimum absolute atomic E-state index is 0.0197. The fourth-order valence-electron chi connectivity index (χ4n) is 4.14. The lowest BCUT2D eigenvalue weighted by Crippen LogP contribution is -2.17. The van der Waals surface area contributed by atoms with E-state index in [0.717, 1.165) is 16.7 Å². The van der Waals surface area contributed by atoms with E-state index in [1.807, 2.05) is 56.3 Å². The first kappa shape index (κ1) is 22.7. The summed E-state index contributed by atoms with van der Waals surface area (Å²) in [6.07, 6.45) is 0. The Labute approximate surface area is 201 Å². The molecule has 0 radical (unpaired) electrons. The lowest BCUT2D eigenvalue weighted by molar-refractivity contribution is -0.0176. The molecule has 1 aliphatic heterocycles. The molecule has 0 atom stereocenters. The molecule has 0 spiro atoms. The van der Waals surface area contributed by atoms with Gasteiger partial charge < -0.3 is 23.4 Å². The van der Waals surface area contributed by atoms with Gasteiger partial charge in [-0.2, -0.15) is 0 Å². The highest BCUT2D eigenvalue weighted by Gasteiger charge is 2.23. The topological polar surface area (TPSA) is 84.2 Å². The quantitative estimate of drug-likeness (QED) is 0.364. The molecule has 0 fully saturated rings. The van der Waals surface area contributed by atoms with Gasteiger partial charge in [0.1, 0.15) is 17.9 Å². The molecule has 35 heavy (non-hydrogen) atoms. The van der Waals surface area contributed by atoms with Gasteiger partial charge in [0.05, 0.1) is 24.7 Å². The number of fused-ring (bicyclic) bond motifs is 2. The van der Waals surface area contributed by atoms with Crippen LogP contribution in [-0.4, -0.2) is 19.9 Å². The van der Waals surface area contributed by atoms with Crippen molar-refractivity contribution in [2.24, 2.45) is 0 Å². The highest BCUT2D eigenvalue weighted by atomic mass is 16.7. The van der Waals surface area contributed by atoms with E-state index in [9.17, 15) is 9.59 Å². The van der Waals surface area contributed by atoms with Crippen LogP contribution in [0.3, 0.4) is 0 Å². The molecule has 0 saturated heterocycles. The Morgan fingerprint density at radius 3 is 2.57 bits per heavy atom. The number of rotatable bonds is 5. The normalized spacial score (nSPS) is 12.7. The van der Waals surface area contributed by atoms with Gasteiger partial charge in [-0.25, -0.2) is 4.79 Å². The molecule has 2 heterocycles. The maximum Gasteiger partial charge on any atom is 0.337 e.